The van der Waals surface area contributed by atoms with Gasteiger partial charge in [-0.05, 0) is 12.8 Å². The molecule has 0 aliphatic heterocycles. The second-order valence-corrected chi connectivity index (χ2v) is 2.53. The predicted molar refractivity (Wildman–Crippen MR) is 41.5 cm³/mol. The zero-order chi connectivity index (χ0) is 7.98. The topological polar surface area (TPSA) is 40.5 Å². The van der Waals surface area contributed by atoms with Gasteiger partial charge in [-0.2, -0.15) is 0 Å². The fraction of sp³-hybridized carbons (Fsp3) is 0.875. The van der Waals surface area contributed by atoms with E-state index in [1.54, 1.807) is 13.3 Å². The SMILES string of the molecule is C[CH]C(O)C(O)CCCC. The molecule has 0 saturated heterocycles. The number of unbranched alkanes of at least 4 members (excludes halogenated alkanes) is 1. The maximum absolute atomic E-state index is 9.17. The summed E-state index contributed by atoms with van der Waals surface area (Å²) >= 11 is 0. The van der Waals surface area contributed by atoms with Crippen LogP contribution in [0.5, 0.6) is 0 Å². The quantitative estimate of drug-likeness (QED) is 0.608. The number of hydrogen-bond acceptors (Lipinski definition) is 2. The Bertz CT molecular complexity index is 73.7. The van der Waals surface area contributed by atoms with Gasteiger partial charge in [-0.15, -0.1) is 0 Å². The molecule has 0 aromatic heterocycles. The van der Waals surface area contributed by atoms with Crippen molar-refractivity contribution in [3.8, 4) is 0 Å². The molecule has 0 aromatic carbocycles. The van der Waals surface area contributed by atoms with Gasteiger partial charge in [0.05, 0.1) is 12.2 Å². The fourth-order valence-electron chi connectivity index (χ4n) is 0.806. The van der Waals surface area contributed by atoms with Crippen molar-refractivity contribution in [2.75, 3.05) is 0 Å². The smallest absolute Gasteiger partial charge is 0.0828 e. The van der Waals surface area contributed by atoms with Crippen molar-refractivity contribution >= 4 is 0 Å². The summed E-state index contributed by atoms with van der Waals surface area (Å²) in [6, 6.07) is 0. The summed E-state index contributed by atoms with van der Waals surface area (Å²) < 4.78 is 0. The first-order chi connectivity index (χ1) is 4.72. The zero-order valence-corrected chi connectivity index (χ0v) is 6.75. The average Bonchev–Trinajstić information content (AvgIpc) is 1.98. The highest BCUT2D eigenvalue weighted by Gasteiger charge is 2.12. The van der Waals surface area contributed by atoms with E-state index in [0.29, 0.717) is 6.42 Å². The number of rotatable bonds is 5. The van der Waals surface area contributed by atoms with Crippen LogP contribution >= 0.6 is 0 Å². The molecule has 10 heavy (non-hydrogen) atoms. The lowest BCUT2D eigenvalue weighted by Crippen LogP contribution is -2.25. The van der Waals surface area contributed by atoms with Crippen LogP contribution in [0.4, 0.5) is 0 Å². The van der Waals surface area contributed by atoms with Crippen LogP contribution in [0, 0.1) is 6.42 Å². The molecule has 61 valence electrons. The van der Waals surface area contributed by atoms with Gasteiger partial charge in [0, 0.05) is 0 Å². The molecule has 0 fully saturated rings. The second kappa shape index (κ2) is 5.69. The largest absolute Gasteiger partial charge is 0.390 e. The summed E-state index contributed by atoms with van der Waals surface area (Å²) in [6.07, 6.45) is 3.14. The summed E-state index contributed by atoms with van der Waals surface area (Å²) in [6.45, 7) is 3.81. The van der Waals surface area contributed by atoms with Crippen molar-refractivity contribution in [2.45, 2.75) is 45.3 Å². The Kier molecular flexibility index (Phi) is 5.64. The van der Waals surface area contributed by atoms with E-state index in [1.807, 2.05) is 0 Å². The van der Waals surface area contributed by atoms with Crippen LogP contribution in [0.1, 0.15) is 33.1 Å². The monoisotopic (exact) mass is 145 g/mol. The Balaban J connectivity index is 3.31. The first kappa shape index (κ1) is 9.92. The summed E-state index contributed by atoms with van der Waals surface area (Å²) in [7, 11) is 0. The molecule has 0 bridgehead atoms. The van der Waals surface area contributed by atoms with E-state index in [2.05, 4.69) is 6.92 Å². The van der Waals surface area contributed by atoms with E-state index in [0.717, 1.165) is 12.8 Å². The molecule has 0 aromatic rings. The van der Waals surface area contributed by atoms with E-state index in [-0.39, 0.29) is 0 Å². The van der Waals surface area contributed by atoms with E-state index >= 15 is 0 Å². The molecule has 0 aliphatic carbocycles. The highest BCUT2D eigenvalue weighted by Crippen LogP contribution is 2.05. The summed E-state index contributed by atoms with van der Waals surface area (Å²) in [5.74, 6) is 0. The predicted octanol–water partition coefficient (Wildman–Crippen LogP) is 1.12. The third kappa shape index (κ3) is 3.85. The van der Waals surface area contributed by atoms with Crippen LogP contribution < -0.4 is 0 Å². The number of aliphatic hydroxyl groups is 2. The molecule has 2 atom stereocenters. The lowest BCUT2D eigenvalue weighted by molar-refractivity contribution is 0.0329. The minimum absolute atomic E-state index is 0.565. The molecule has 2 N–H and O–H groups in total. The van der Waals surface area contributed by atoms with E-state index in [4.69, 9.17) is 10.2 Å². The maximum atomic E-state index is 9.17. The normalized spacial score (nSPS) is 16.8. The van der Waals surface area contributed by atoms with E-state index < -0.39 is 12.2 Å². The summed E-state index contributed by atoms with van der Waals surface area (Å²) in [5, 5.41) is 18.2. The van der Waals surface area contributed by atoms with Crippen LogP contribution in [0.25, 0.3) is 0 Å². The third-order valence-corrected chi connectivity index (χ3v) is 1.59. The van der Waals surface area contributed by atoms with Crippen LogP contribution in [-0.4, -0.2) is 22.4 Å². The van der Waals surface area contributed by atoms with Crippen molar-refractivity contribution in [1.82, 2.24) is 0 Å². The fourth-order valence-corrected chi connectivity index (χ4v) is 0.806. The molecule has 2 heteroatoms. The minimum atomic E-state index is -0.647. The lowest BCUT2D eigenvalue weighted by Gasteiger charge is -2.14. The molecule has 0 heterocycles. The molecule has 0 rings (SSSR count). The van der Waals surface area contributed by atoms with Crippen molar-refractivity contribution in [1.29, 1.82) is 0 Å². The van der Waals surface area contributed by atoms with Crippen molar-refractivity contribution < 1.29 is 10.2 Å². The van der Waals surface area contributed by atoms with Crippen molar-refractivity contribution in [2.24, 2.45) is 0 Å². The van der Waals surface area contributed by atoms with E-state index in [9.17, 15) is 0 Å². The van der Waals surface area contributed by atoms with Crippen LogP contribution in [0.2, 0.25) is 0 Å². The molecule has 0 spiro atoms. The standard InChI is InChI=1S/C8H17O2/c1-3-5-6-8(10)7(9)4-2/h4,7-10H,3,5-6H2,1-2H3. The summed E-state index contributed by atoms with van der Waals surface area (Å²) in [4.78, 5) is 0. The molecule has 0 aliphatic rings. The minimum Gasteiger partial charge on any atom is -0.390 e. The summed E-state index contributed by atoms with van der Waals surface area (Å²) in [5.41, 5.74) is 0. The van der Waals surface area contributed by atoms with Gasteiger partial charge < -0.3 is 10.2 Å². The van der Waals surface area contributed by atoms with Crippen molar-refractivity contribution in [3.05, 3.63) is 6.42 Å². The number of aliphatic hydroxyl groups excluding tert-OH is 2. The first-order valence-electron chi connectivity index (χ1n) is 3.88. The third-order valence-electron chi connectivity index (χ3n) is 1.59. The molecule has 2 nitrogen and oxygen atoms in total. The molecular formula is C8H17O2. The molecular weight excluding hydrogens is 128 g/mol. The molecule has 2 unspecified atom stereocenters. The Labute approximate surface area is 62.9 Å². The van der Waals surface area contributed by atoms with Gasteiger partial charge in [0.15, 0.2) is 0 Å². The Morgan fingerprint density at radius 2 is 2.00 bits per heavy atom. The van der Waals surface area contributed by atoms with Crippen LogP contribution in [0.15, 0.2) is 0 Å². The molecule has 0 amide bonds. The van der Waals surface area contributed by atoms with Gasteiger partial charge in [0.1, 0.15) is 0 Å². The second-order valence-electron chi connectivity index (χ2n) is 2.53. The number of hydrogen-bond donors (Lipinski definition) is 2. The van der Waals surface area contributed by atoms with Crippen LogP contribution in [0.3, 0.4) is 0 Å². The zero-order valence-electron chi connectivity index (χ0n) is 6.75. The van der Waals surface area contributed by atoms with E-state index in [1.165, 1.54) is 0 Å². The van der Waals surface area contributed by atoms with Gasteiger partial charge in [-0.1, -0.05) is 26.7 Å². The molecule has 0 saturated carbocycles. The highest BCUT2D eigenvalue weighted by atomic mass is 16.3. The van der Waals surface area contributed by atoms with Gasteiger partial charge in [0.2, 0.25) is 0 Å². The van der Waals surface area contributed by atoms with Crippen molar-refractivity contribution in [3.63, 3.8) is 0 Å². The Morgan fingerprint density at radius 1 is 1.40 bits per heavy atom. The molecule has 1 radical (unpaired) electrons. The van der Waals surface area contributed by atoms with Gasteiger partial charge in [0.25, 0.3) is 0 Å². The van der Waals surface area contributed by atoms with Gasteiger partial charge in [-0.3, -0.25) is 0 Å². The first-order valence-corrected chi connectivity index (χ1v) is 3.88. The van der Waals surface area contributed by atoms with Crippen LogP contribution in [-0.2, 0) is 0 Å². The highest BCUT2D eigenvalue weighted by molar-refractivity contribution is 4.77. The Morgan fingerprint density at radius 3 is 2.40 bits per heavy atom. The lowest BCUT2D eigenvalue weighted by atomic mass is 10.1. The van der Waals surface area contributed by atoms with Gasteiger partial charge in [-0.25, -0.2) is 0 Å². The van der Waals surface area contributed by atoms with Gasteiger partial charge >= 0.3 is 0 Å². The maximum Gasteiger partial charge on any atom is 0.0828 e. The Hall–Kier alpha value is -0.0800. The average molecular weight is 145 g/mol.